The highest BCUT2D eigenvalue weighted by Gasteiger charge is 2.11. The van der Waals surface area contributed by atoms with Crippen LogP contribution in [0.2, 0.25) is 5.02 Å². The molecule has 0 saturated heterocycles. The third-order valence-corrected chi connectivity index (χ3v) is 2.82. The molecule has 0 amide bonds. The van der Waals surface area contributed by atoms with Crippen LogP contribution in [0.25, 0.3) is 5.69 Å². The van der Waals surface area contributed by atoms with Crippen LogP contribution in [0.3, 0.4) is 0 Å². The van der Waals surface area contributed by atoms with E-state index in [2.05, 4.69) is 10.3 Å². The summed E-state index contributed by atoms with van der Waals surface area (Å²) in [6.07, 6.45) is 4.91. The van der Waals surface area contributed by atoms with Gasteiger partial charge >= 0.3 is 0 Å². The summed E-state index contributed by atoms with van der Waals surface area (Å²) >= 11 is 5.96. The Kier molecular flexibility index (Phi) is 4.21. The van der Waals surface area contributed by atoms with Crippen LogP contribution in [0, 0.1) is 34.0 Å². The molecule has 1 aromatic heterocycles. The number of allylic oxidation sites excluding steroid dienone is 2. The number of benzene rings is 1. The number of nitriles is 3. The molecule has 1 heterocycles. The fourth-order valence-electron chi connectivity index (χ4n) is 1.65. The molecule has 7 heteroatoms. The SMILES string of the molecule is N#CC(C#N)=C(C#N)Nc1cc(Cl)ccc1-n1ccnc1. The molecule has 0 aliphatic carbocycles. The zero-order chi connectivity index (χ0) is 15.2. The number of halogens is 1. The van der Waals surface area contributed by atoms with Gasteiger partial charge in [-0.3, -0.25) is 0 Å². The number of anilines is 1. The summed E-state index contributed by atoms with van der Waals surface area (Å²) in [7, 11) is 0. The van der Waals surface area contributed by atoms with Gasteiger partial charge in [-0.05, 0) is 18.2 Å². The average Bonchev–Trinajstić information content (AvgIpc) is 3.01. The molecule has 1 N–H and O–H groups in total. The maximum atomic E-state index is 9.09. The Hall–Kier alpha value is -3.27. The minimum Gasteiger partial charge on any atom is -0.343 e. The second-order valence-corrected chi connectivity index (χ2v) is 4.28. The summed E-state index contributed by atoms with van der Waals surface area (Å²) in [6.45, 7) is 0. The standard InChI is InChI=1S/C14H7ClN6/c15-11-1-2-14(21-4-3-19-9-21)12(5-11)20-13(8-18)10(6-16)7-17/h1-5,9,20H. The number of nitrogens with zero attached hydrogens (tertiary/aromatic N) is 5. The third kappa shape index (κ3) is 3.01. The maximum absolute atomic E-state index is 9.09. The lowest BCUT2D eigenvalue weighted by Gasteiger charge is -2.12. The van der Waals surface area contributed by atoms with Crippen LogP contribution < -0.4 is 5.32 Å². The summed E-state index contributed by atoms with van der Waals surface area (Å²) in [5.74, 6) is 0. The van der Waals surface area contributed by atoms with Crippen molar-refractivity contribution in [3.05, 3.63) is 53.2 Å². The lowest BCUT2D eigenvalue weighted by molar-refractivity contribution is 1.06. The smallest absolute Gasteiger partial charge is 0.163 e. The first-order valence-corrected chi connectivity index (χ1v) is 6.07. The van der Waals surface area contributed by atoms with Crippen molar-refractivity contribution >= 4 is 17.3 Å². The van der Waals surface area contributed by atoms with Crippen LogP contribution in [-0.4, -0.2) is 9.55 Å². The molecular weight excluding hydrogens is 288 g/mol. The van der Waals surface area contributed by atoms with E-state index in [1.54, 1.807) is 59.7 Å². The molecular formula is C14H7ClN6. The zero-order valence-corrected chi connectivity index (χ0v) is 11.3. The fourth-order valence-corrected chi connectivity index (χ4v) is 1.83. The molecule has 0 saturated carbocycles. The monoisotopic (exact) mass is 294 g/mol. The van der Waals surface area contributed by atoms with Crippen LogP contribution in [-0.2, 0) is 0 Å². The van der Waals surface area contributed by atoms with E-state index in [0.717, 1.165) is 0 Å². The van der Waals surface area contributed by atoms with Crippen molar-refractivity contribution < 1.29 is 0 Å². The number of hydrogen-bond donors (Lipinski definition) is 1. The molecule has 1 aromatic carbocycles. The van der Waals surface area contributed by atoms with E-state index < -0.39 is 0 Å². The number of aromatic nitrogens is 2. The lowest BCUT2D eigenvalue weighted by atomic mass is 10.2. The average molecular weight is 295 g/mol. The number of nitrogens with one attached hydrogen (secondary N) is 1. The van der Waals surface area contributed by atoms with Gasteiger partial charge in [0.15, 0.2) is 5.57 Å². The fraction of sp³-hybridized carbons (Fsp3) is 0. The number of imidazole rings is 1. The van der Waals surface area contributed by atoms with Gasteiger partial charge in [0, 0.05) is 17.4 Å². The van der Waals surface area contributed by atoms with Gasteiger partial charge in [-0.25, -0.2) is 4.98 Å². The lowest BCUT2D eigenvalue weighted by Crippen LogP contribution is -2.04. The number of rotatable bonds is 3. The summed E-state index contributed by atoms with van der Waals surface area (Å²) in [4.78, 5) is 3.95. The molecule has 0 spiro atoms. The van der Waals surface area contributed by atoms with Gasteiger partial charge in [0.25, 0.3) is 0 Å². The van der Waals surface area contributed by atoms with Crippen molar-refractivity contribution in [2.24, 2.45) is 0 Å². The van der Waals surface area contributed by atoms with Crippen LogP contribution in [0.4, 0.5) is 5.69 Å². The highest BCUT2D eigenvalue weighted by molar-refractivity contribution is 6.31. The first kappa shape index (κ1) is 14.1. The quantitative estimate of drug-likeness (QED) is 0.877. The Bertz CT molecular complexity index is 799. The van der Waals surface area contributed by atoms with Crippen molar-refractivity contribution in [3.63, 3.8) is 0 Å². The topological polar surface area (TPSA) is 101 Å². The third-order valence-electron chi connectivity index (χ3n) is 2.59. The molecule has 6 nitrogen and oxygen atoms in total. The second-order valence-electron chi connectivity index (χ2n) is 3.84. The molecule has 0 bridgehead atoms. The Balaban J connectivity index is 2.53. The van der Waals surface area contributed by atoms with E-state index in [9.17, 15) is 0 Å². The van der Waals surface area contributed by atoms with Crippen molar-refractivity contribution in [2.45, 2.75) is 0 Å². The molecule has 2 rings (SSSR count). The summed E-state index contributed by atoms with van der Waals surface area (Å²) in [6, 6.07) is 10.2. The van der Waals surface area contributed by atoms with Gasteiger partial charge in [-0.1, -0.05) is 11.6 Å². The normalized spacial score (nSPS) is 9.05. The minimum absolute atomic E-state index is 0.136. The molecule has 2 aromatic rings. The van der Waals surface area contributed by atoms with Gasteiger partial charge in [0.2, 0.25) is 0 Å². The molecule has 0 aliphatic rings. The van der Waals surface area contributed by atoms with Crippen molar-refractivity contribution in [2.75, 3.05) is 5.32 Å². The Morgan fingerprint density at radius 1 is 1.19 bits per heavy atom. The zero-order valence-electron chi connectivity index (χ0n) is 10.6. The van der Waals surface area contributed by atoms with Crippen LogP contribution >= 0.6 is 11.6 Å². The largest absolute Gasteiger partial charge is 0.343 e. The second kappa shape index (κ2) is 6.25. The molecule has 0 fully saturated rings. The van der Waals surface area contributed by atoms with Crippen molar-refractivity contribution in [1.82, 2.24) is 9.55 Å². The summed E-state index contributed by atoms with van der Waals surface area (Å²) in [5, 5.41) is 30.0. The molecule has 100 valence electrons. The molecule has 0 aliphatic heterocycles. The van der Waals surface area contributed by atoms with Crippen LogP contribution in [0.1, 0.15) is 0 Å². The van der Waals surface area contributed by atoms with Gasteiger partial charge in [-0.15, -0.1) is 0 Å². The van der Waals surface area contributed by atoms with E-state index in [4.69, 9.17) is 27.4 Å². The summed E-state index contributed by atoms with van der Waals surface area (Å²) in [5.41, 5.74) is 0.734. The van der Waals surface area contributed by atoms with E-state index in [0.29, 0.717) is 16.4 Å². The Morgan fingerprint density at radius 2 is 1.95 bits per heavy atom. The van der Waals surface area contributed by atoms with E-state index in [-0.39, 0.29) is 11.3 Å². The van der Waals surface area contributed by atoms with Crippen molar-refractivity contribution in [3.8, 4) is 23.9 Å². The first-order chi connectivity index (χ1) is 10.2. The first-order valence-electron chi connectivity index (χ1n) is 5.69. The maximum Gasteiger partial charge on any atom is 0.163 e. The van der Waals surface area contributed by atoms with Gasteiger partial charge in [-0.2, -0.15) is 15.8 Å². The van der Waals surface area contributed by atoms with E-state index in [1.165, 1.54) is 0 Å². The predicted molar refractivity (Wildman–Crippen MR) is 76.1 cm³/mol. The van der Waals surface area contributed by atoms with Crippen molar-refractivity contribution in [1.29, 1.82) is 15.8 Å². The minimum atomic E-state index is -0.297. The molecule has 0 atom stereocenters. The molecule has 21 heavy (non-hydrogen) atoms. The van der Waals surface area contributed by atoms with E-state index in [1.807, 2.05) is 0 Å². The highest BCUT2D eigenvalue weighted by atomic mass is 35.5. The Labute approximate surface area is 125 Å². The van der Waals surface area contributed by atoms with Gasteiger partial charge in [0.05, 0.1) is 17.7 Å². The van der Waals surface area contributed by atoms with E-state index >= 15 is 0 Å². The predicted octanol–water partition coefficient (Wildman–Crippen LogP) is 2.76. The number of hydrogen-bond acceptors (Lipinski definition) is 5. The van der Waals surface area contributed by atoms with Crippen LogP contribution in [0.5, 0.6) is 0 Å². The van der Waals surface area contributed by atoms with Crippen LogP contribution in [0.15, 0.2) is 48.2 Å². The van der Waals surface area contributed by atoms with Gasteiger partial charge in [0.1, 0.15) is 23.9 Å². The summed E-state index contributed by atoms with van der Waals surface area (Å²) < 4.78 is 1.71. The van der Waals surface area contributed by atoms with Gasteiger partial charge < -0.3 is 9.88 Å². The molecule has 0 unspecified atom stereocenters. The highest BCUT2D eigenvalue weighted by Crippen LogP contribution is 2.26. The molecule has 0 radical (unpaired) electrons. The Morgan fingerprint density at radius 3 is 2.52 bits per heavy atom.